The van der Waals surface area contributed by atoms with Gasteiger partial charge in [-0.15, -0.1) is 0 Å². The summed E-state index contributed by atoms with van der Waals surface area (Å²) in [5, 5.41) is 7.50. The first kappa shape index (κ1) is 33.1. The summed E-state index contributed by atoms with van der Waals surface area (Å²) in [5.41, 5.74) is 6.81. The van der Waals surface area contributed by atoms with Crippen LogP contribution in [0.25, 0.3) is 32.3 Å². The van der Waals surface area contributed by atoms with E-state index < -0.39 is 0 Å². The molecule has 0 aliphatic rings. The molecule has 0 aromatic heterocycles. The van der Waals surface area contributed by atoms with Crippen LogP contribution in [0.15, 0.2) is 182 Å². The maximum absolute atomic E-state index is 2.35. The Morgan fingerprint density at radius 1 is 0.292 bits per heavy atom. The predicted octanol–water partition coefficient (Wildman–Crippen LogP) is 13.5. The fraction of sp³-hybridized carbons (Fsp3) is 0.0667. The molecule has 48 heavy (non-hydrogen) atoms. The molecule has 0 bridgehead atoms. The van der Waals surface area contributed by atoms with Gasteiger partial charge in [-0.3, -0.25) is 0 Å². The van der Waals surface area contributed by atoms with E-state index in [2.05, 4.69) is 206 Å². The van der Waals surface area contributed by atoms with Crippen LogP contribution in [0.1, 0.15) is 20.3 Å². The van der Waals surface area contributed by atoms with E-state index in [0.717, 1.165) is 34.1 Å². The van der Waals surface area contributed by atoms with E-state index in [1.165, 1.54) is 38.7 Å². The normalized spacial score (nSPS) is 10.6. The van der Waals surface area contributed by atoms with E-state index in [-0.39, 0.29) is 31.1 Å². The van der Waals surface area contributed by atoms with Crippen molar-refractivity contribution in [1.82, 2.24) is 0 Å². The number of hydrogen-bond donors (Lipinski definition) is 0. The predicted molar refractivity (Wildman–Crippen MR) is 204 cm³/mol. The molecule has 8 rings (SSSR count). The van der Waals surface area contributed by atoms with Crippen LogP contribution < -0.4 is 9.80 Å². The minimum atomic E-state index is 0. The maximum atomic E-state index is 2.35. The van der Waals surface area contributed by atoms with Gasteiger partial charge in [-0.2, -0.15) is 0 Å². The van der Waals surface area contributed by atoms with Gasteiger partial charge in [0.25, 0.3) is 0 Å². The number of nitrogens with zero attached hydrogens (tertiary/aromatic N) is 2. The Bertz CT molecular complexity index is 1970. The fourth-order valence-electron chi connectivity index (χ4n) is 6.41. The van der Waals surface area contributed by atoms with E-state index in [1.807, 2.05) is 0 Å². The number of benzene rings is 8. The summed E-state index contributed by atoms with van der Waals surface area (Å²) in [6, 6.07) is 65.0. The quantitative estimate of drug-likeness (QED) is 0.154. The molecule has 8 aromatic rings. The van der Waals surface area contributed by atoms with Crippen molar-refractivity contribution in [2.45, 2.75) is 20.3 Å². The van der Waals surface area contributed by atoms with Crippen LogP contribution in [0, 0.1) is 31.1 Å². The van der Waals surface area contributed by atoms with E-state index >= 15 is 0 Å². The molecule has 232 valence electrons. The Hall–Kier alpha value is -4.81. The van der Waals surface area contributed by atoms with Crippen LogP contribution in [-0.2, 0) is 0 Å². The van der Waals surface area contributed by atoms with Crippen LogP contribution in [0.4, 0.5) is 34.1 Å². The van der Waals surface area contributed by atoms with Crippen LogP contribution in [0.2, 0.25) is 0 Å². The van der Waals surface area contributed by atoms with Crippen LogP contribution in [-0.4, -0.2) is 0 Å². The van der Waals surface area contributed by atoms with Crippen molar-refractivity contribution in [3.63, 3.8) is 0 Å². The van der Waals surface area contributed by atoms with E-state index in [4.69, 9.17) is 0 Å². The topological polar surface area (TPSA) is 6.48 Å². The van der Waals surface area contributed by atoms with Gasteiger partial charge in [0.15, 0.2) is 0 Å². The molecule has 0 saturated heterocycles. The molecule has 0 aliphatic carbocycles. The average Bonchev–Trinajstić information content (AvgIpc) is 3.14. The van der Waals surface area contributed by atoms with Gasteiger partial charge in [-0.25, -0.2) is 0 Å². The third-order valence-electron chi connectivity index (χ3n) is 8.38. The summed E-state index contributed by atoms with van der Waals surface area (Å²) in [4.78, 5) is 4.66. The van der Waals surface area contributed by atoms with Crippen molar-refractivity contribution in [1.29, 1.82) is 0 Å². The van der Waals surface area contributed by atoms with Crippen molar-refractivity contribution in [2.24, 2.45) is 0 Å². The average molecular weight is 845 g/mol. The Kier molecular flexibility index (Phi) is 10.6. The van der Waals surface area contributed by atoms with Crippen molar-refractivity contribution >= 4 is 66.4 Å². The molecular formula is C45H38N2U. The summed E-state index contributed by atoms with van der Waals surface area (Å²) < 4.78 is 0. The standard InChI is InChI=1S/C42H30N2.C3H8.U/c1-5-15-31(16-6-1)43(32-17-7-2-8-18-32)35-25-27-39-40-28-26-36(30-42(40)38-24-14-13-23-37(38)41(39)29-35)44(33-19-9-3-10-20-33)34-21-11-4-12-22-34;1-3-2;/h1-30H;3H2,1-2H3;. The SMILES string of the molecule is CCC.[U].c1ccc(N(c2ccccc2)c2ccc3c4ccc(N(c5ccccc5)c5ccccc5)cc4c4ccccc4c3c2)cc1. The van der Waals surface area contributed by atoms with Gasteiger partial charge in [0.2, 0.25) is 0 Å². The second-order valence-electron chi connectivity index (χ2n) is 11.7. The molecule has 0 N–H and O–H groups in total. The van der Waals surface area contributed by atoms with Gasteiger partial charge in [0.05, 0.1) is 0 Å². The molecule has 0 atom stereocenters. The van der Waals surface area contributed by atoms with Gasteiger partial charge >= 0.3 is 0 Å². The first-order valence-electron chi connectivity index (χ1n) is 16.5. The number of fused-ring (bicyclic) bond motifs is 6. The van der Waals surface area contributed by atoms with Crippen molar-refractivity contribution < 1.29 is 31.1 Å². The second kappa shape index (κ2) is 15.4. The van der Waals surface area contributed by atoms with Crippen molar-refractivity contribution in [2.75, 3.05) is 9.80 Å². The number of rotatable bonds is 6. The molecule has 0 fully saturated rings. The van der Waals surface area contributed by atoms with E-state index in [1.54, 1.807) is 0 Å². The van der Waals surface area contributed by atoms with Gasteiger partial charge in [0.1, 0.15) is 0 Å². The molecule has 0 saturated carbocycles. The Balaban J connectivity index is 0.000000969. The van der Waals surface area contributed by atoms with Crippen molar-refractivity contribution in [3.8, 4) is 0 Å². The monoisotopic (exact) mass is 844 g/mol. The van der Waals surface area contributed by atoms with Gasteiger partial charge in [0, 0.05) is 65.2 Å². The van der Waals surface area contributed by atoms with E-state index in [9.17, 15) is 0 Å². The minimum absolute atomic E-state index is 0. The van der Waals surface area contributed by atoms with Crippen molar-refractivity contribution in [3.05, 3.63) is 182 Å². The van der Waals surface area contributed by atoms with E-state index in [0.29, 0.717) is 0 Å². The minimum Gasteiger partial charge on any atom is -0.310 e. The second-order valence-corrected chi connectivity index (χ2v) is 11.7. The smallest absolute Gasteiger partial charge is 0.0468 e. The third kappa shape index (κ3) is 6.63. The molecule has 3 heteroatoms. The third-order valence-corrected chi connectivity index (χ3v) is 8.38. The molecule has 0 aliphatic heterocycles. The Morgan fingerprint density at radius 3 is 0.833 bits per heavy atom. The summed E-state index contributed by atoms with van der Waals surface area (Å²) >= 11 is 0. The van der Waals surface area contributed by atoms with Gasteiger partial charge < -0.3 is 9.80 Å². The zero-order chi connectivity index (χ0) is 32.0. The largest absolute Gasteiger partial charge is 0.310 e. The zero-order valence-corrected chi connectivity index (χ0v) is 31.6. The van der Waals surface area contributed by atoms with Gasteiger partial charge in [-0.05, 0) is 105 Å². The molecule has 0 spiro atoms. The number of hydrogen-bond acceptors (Lipinski definition) is 2. The molecule has 0 radical (unpaired) electrons. The van der Waals surface area contributed by atoms with Gasteiger partial charge in [-0.1, -0.05) is 129 Å². The Labute approximate surface area is 307 Å². The molecule has 0 amide bonds. The molecular weight excluding hydrogens is 807 g/mol. The summed E-state index contributed by atoms with van der Waals surface area (Å²) in [7, 11) is 0. The number of para-hydroxylation sites is 4. The van der Waals surface area contributed by atoms with Crippen LogP contribution >= 0.6 is 0 Å². The summed E-state index contributed by atoms with van der Waals surface area (Å²) in [5.74, 6) is 0. The van der Waals surface area contributed by atoms with Crippen LogP contribution in [0.5, 0.6) is 0 Å². The Morgan fingerprint density at radius 2 is 0.542 bits per heavy atom. The fourth-order valence-corrected chi connectivity index (χ4v) is 6.41. The zero-order valence-electron chi connectivity index (χ0n) is 27.4. The molecule has 0 heterocycles. The first-order chi connectivity index (χ1) is 23.3. The number of anilines is 6. The first-order valence-corrected chi connectivity index (χ1v) is 16.5. The van der Waals surface area contributed by atoms with Crippen LogP contribution in [0.3, 0.4) is 0 Å². The molecule has 2 nitrogen and oxygen atoms in total. The molecule has 8 aromatic carbocycles. The maximum Gasteiger partial charge on any atom is 0.0468 e. The molecule has 0 unspecified atom stereocenters. The summed E-state index contributed by atoms with van der Waals surface area (Å²) in [6.45, 7) is 4.25. The summed E-state index contributed by atoms with van der Waals surface area (Å²) in [6.07, 6.45) is 1.25.